The number of halogens is 1. The molecular formula is C13H19FN2O2. The van der Waals surface area contributed by atoms with Crippen molar-refractivity contribution in [3.8, 4) is 5.75 Å². The molecule has 0 aliphatic rings. The maximum absolute atomic E-state index is 13.7. The van der Waals surface area contributed by atoms with Crippen molar-refractivity contribution in [1.29, 1.82) is 0 Å². The van der Waals surface area contributed by atoms with Crippen molar-refractivity contribution in [2.24, 2.45) is 0 Å². The van der Waals surface area contributed by atoms with Crippen LogP contribution < -0.4 is 10.1 Å². The molecule has 0 bridgehead atoms. The quantitative estimate of drug-likeness (QED) is 0.863. The van der Waals surface area contributed by atoms with Gasteiger partial charge in [-0.25, -0.2) is 4.39 Å². The Hall–Kier alpha value is -1.62. The monoisotopic (exact) mass is 254 g/mol. The van der Waals surface area contributed by atoms with Gasteiger partial charge in [0.15, 0.2) is 17.7 Å². The minimum Gasteiger partial charge on any atom is -0.478 e. The number of hydrogen-bond donors (Lipinski definition) is 1. The summed E-state index contributed by atoms with van der Waals surface area (Å²) in [6.45, 7) is 2.19. The van der Waals surface area contributed by atoms with Crippen molar-refractivity contribution in [2.45, 2.75) is 19.6 Å². The van der Waals surface area contributed by atoms with E-state index < -0.39 is 11.9 Å². The molecule has 1 N–H and O–H groups in total. The summed E-state index contributed by atoms with van der Waals surface area (Å²) < 4.78 is 19.0. The first-order valence-electron chi connectivity index (χ1n) is 5.76. The minimum absolute atomic E-state index is 0.0950. The fraction of sp³-hybridized carbons (Fsp3) is 0.462. The molecule has 0 saturated carbocycles. The van der Waals surface area contributed by atoms with Crippen molar-refractivity contribution in [3.05, 3.63) is 29.6 Å². The molecule has 0 aliphatic heterocycles. The summed E-state index contributed by atoms with van der Waals surface area (Å²) in [5.74, 6) is -0.563. The molecular weight excluding hydrogens is 235 g/mol. The SMILES string of the molecule is CNCc1ccc(OC(C)C(=O)N(C)C)c(F)c1. The summed E-state index contributed by atoms with van der Waals surface area (Å²) in [6, 6.07) is 4.71. The van der Waals surface area contributed by atoms with Gasteiger partial charge in [-0.15, -0.1) is 0 Å². The summed E-state index contributed by atoms with van der Waals surface area (Å²) >= 11 is 0. The molecule has 0 spiro atoms. The molecule has 0 aromatic heterocycles. The summed E-state index contributed by atoms with van der Waals surface area (Å²) in [5.41, 5.74) is 0.828. The molecule has 1 rings (SSSR count). The smallest absolute Gasteiger partial charge is 0.262 e. The van der Waals surface area contributed by atoms with Crippen LogP contribution in [-0.4, -0.2) is 38.1 Å². The second-order valence-electron chi connectivity index (χ2n) is 4.29. The van der Waals surface area contributed by atoms with Gasteiger partial charge < -0.3 is 15.0 Å². The van der Waals surface area contributed by atoms with E-state index in [4.69, 9.17) is 4.74 Å². The zero-order valence-corrected chi connectivity index (χ0v) is 11.2. The van der Waals surface area contributed by atoms with Crippen LogP contribution in [0.15, 0.2) is 18.2 Å². The van der Waals surface area contributed by atoms with Crippen LogP contribution in [0.4, 0.5) is 4.39 Å². The van der Waals surface area contributed by atoms with E-state index in [0.29, 0.717) is 6.54 Å². The van der Waals surface area contributed by atoms with Gasteiger partial charge in [-0.3, -0.25) is 4.79 Å². The third kappa shape index (κ3) is 3.70. The van der Waals surface area contributed by atoms with E-state index in [-0.39, 0.29) is 11.7 Å². The van der Waals surface area contributed by atoms with Gasteiger partial charge in [-0.2, -0.15) is 0 Å². The third-order valence-corrected chi connectivity index (χ3v) is 2.47. The molecule has 0 saturated heterocycles. The highest BCUT2D eigenvalue weighted by Crippen LogP contribution is 2.20. The number of ether oxygens (including phenoxy) is 1. The van der Waals surface area contributed by atoms with Crippen molar-refractivity contribution >= 4 is 5.91 Å². The van der Waals surface area contributed by atoms with Gasteiger partial charge in [0.2, 0.25) is 0 Å². The molecule has 0 heterocycles. The molecule has 1 aromatic carbocycles. The first-order chi connectivity index (χ1) is 8.45. The van der Waals surface area contributed by atoms with E-state index in [1.54, 1.807) is 40.2 Å². The lowest BCUT2D eigenvalue weighted by molar-refractivity contribution is -0.135. The van der Waals surface area contributed by atoms with E-state index in [2.05, 4.69) is 5.32 Å². The van der Waals surface area contributed by atoms with Gasteiger partial charge in [0, 0.05) is 20.6 Å². The Morgan fingerprint density at radius 2 is 2.17 bits per heavy atom. The topological polar surface area (TPSA) is 41.6 Å². The second kappa shape index (κ2) is 6.35. The zero-order chi connectivity index (χ0) is 13.7. The highest BCUT2D eigenvalue weighted by atomic mass is 19.1. The molecule has 0 aliphatic carbocycles. The Kier molecular flexibility index (Phi) is 5.09. The fourth-order valence-corrected chi connectivity index (χ4v) is 1.56. The fourth-order valence-electron chi connectivity index (χ4n) is 1.56. The Morgan fingerprint density at radius 3 is 2.67 bits per heavy atom. The lowest BCUT2D eigenvalue weighted by atomic mass is 10.2. The number of benzene rings is 1. The van der Waals surface area contributed by atoms with Gasteiger partial charge in [0.1, 0.15) is 0 Å². The predicted molar refractivity (Wildman–Crippen MR) is 67.9 cm³/mol. The van der Waals surface area contributed by atoms with E-state index in [1.165, 1.54) is 11.0 Å². The van der Waals surface area contributed by atoms with Gasteiger partial charge in [-0.05, 0) is 31.7 Å². The Labute approximate surface area is 107 Å². The highest BCUT2D eigenvalue weighted by molar-refractivity contribution is 5.80. The molecule has 0 radical (unpaired) electrons. The van der Waals surface area contributed by atoms with Crippen LogP contribution in [0.5, 0.6) is 5.75 Å². The van der Waals surface area contributed by atoms with Crippen LogP contribution >= 0.6 is 0 Å². The average molecular weight is 254 g/mol. The third-order valence-electron chi connectivity index (χ3n) is 2.47. The molecule has 1 atom stereocenters. The maximum atomic E-state index is 13.7. The summed E-state index contributed by atoms with van der Waals surface area (Å²) in [4.78, 5) is 13.0. The van der Waals surface area contributed by atoms with Crippen LogP contribution in [-0.2, 0) is 11.3 Å². The first kappa shape index (κ1) is 14.4. The van der Waals surface area contributed by atoms with Crippen molar-refractivity contribution in [3.63, 3.8) is 0 Å². The molecule has 18 heavy (non-hydrogen) atoms. The summed E-state index contributed by atoms with van der Waals surface area (Å²) in [6.07, 6.45) is -0.704. The van der Waals surface area contributed by atoms with Gasteiger partial charge >= 0.3 is 0 Å². The second-order valence-corrected chi connectivity index (χ2v) is 4.29. The first-order valence-corrected chi connectivity index (χ1v) is 5.76. The summed E-state index contributed by atoms with van der Waals surface area (Å²) in [7, 11) is 5.06. The number of likely N-dealkylation sites (N-methyl/N-ethyl adjacent to an activating group) is 1. The van der Waals surface area contributed by atoms with E-state index >= 15 is 0 Å². The van der Waals surface area contributed by atoms with Crippen LogP contribution in [0.1, 0.15) is 12.5 Å². The largest absolute Gasteiger partial charge is 0.478 e. The molecule has 0 fully saturated rings. The molecule has 1 aromatic rings. The van der Waals surface area contributed by atoms with Crippen LogP contribution in [0.3, 0.4) is 0 Å². The van der Waals surface area contributed by atoms with Crippen LogP contribution in [0, 0.1) is 5.82 Å². The van der Waals surface area contributed by atoms with Crippen molar-refractivity contribution in [2.75, 3.05) is 21.1 Å². The molecule has 100 valence electrons. The number of carbonyl (C=O) groups excluding carboxylic acids is 1. The molecule has 4 nitrogen and oxygen atoms in total. The number of amides is 1. The number of nitrogens with zero attached hydrogens (tertiary/aromatic N) is 1. The Bertz CT molecular complexity index is 421. The Morgan fingerprint density at radius 1 is 1.50 bits per heavy atom. The van der Waals surface area contributed by atoms with Crippen LogP contribution in [0.25, 0.3) is 0 Å². The Balaban J connectivity index is 2.76. The van der Waals surface area contributed by atoms with Gasteiger partial charge in [0.05, 0.1) is 0 Å². The number of rotatable bonds is 5. The van der Waals surface area contributed by atoms with Gasteiger partial charge in [0.25, 0.3) is 5.91 Å². The van der Waals surface area contributed by atoms with Crippen molar-refractivity contribution < 1.29 is 13.9 Å². The molecule has 1 unspecified atom stereocenters. The average Bonchev–Trinajstić information content (AvgIpc) is 2.31. The minimum atomic E-state index is -0.704. The molecule has 5 heteroatoms. The standard InChI is InChI=1S/C13H19FN2O2/c1-9(13(17)16(3)4)18-12-6-5-10(8-15-2)7-11(12)14/h5-7,9,15H,8H2,1-4H3. The molecule has 1 amide bonds. The zero-order valence-electron chi connectivity index (χ0n) is 11.2. The van der Waals surface area contributed by atoms with Crippen LogP contribution in [0.2, 0.25) is 0 Å². The van der Waals surface area contributed by atoms with E-state index in [1.807, 2.05) is 0 Å². The predicted octanol–water partition coefficient (Wildman–Crippen LogP) is 1.40. The highest BCUT2D eigenvalue weighted by Gasteiger charge is 2.18. The number of nitrogens with one attached hydrogen (secondary N) is 1. The normalized spacial score (nSPS) is 12.1. The van der Waals surface area contributed by atoms with Crippen molar-refractivity contribution in [1.82, 2.24) is 10.2 Å². The number of hydrogen-bond acceptors (Lipinski definition) is 3. The summed E-state index contributed by atoms with van der Waals surface area (Å²) in [5, 5.41) is 2.94. The lowest BCUT2D eigenvalue weighted by Gasteiger charge is -2.18. The van der Waals surface area contributed by atoms with E-state index in [0.717, 1.165) is 5.56 Å². The van der Waals surface area contributed by atoms with E-state index in [9.17, 15) is 9.18 Å². The lowest BCUT2D eigenvalue weighted by Crippen LogP contribution is -2.35. The maximum Gasteiger partial charge on any atom is 0.262 e. The number of carbonyl (C=O) groups is 1. The van der Waals surface area contributed by atoms with Gasteiger partial charge in [-0.1, -0.05) is 6.07 Å².